The summed E-state index contributed by atoms with van der Waals surface area (Å²) in [5.74, 6) is 0.517. The Bertz CT molecular complexity index is 871. The number of piperidine rings is 1. The molecule has 0 amide bonds. The number of hydrogen-bond acceptors (Lipinski definition) is 8. The van der Waals surface area contributed by atoms with Crippen LogP contribution in [0.5, 0.6) is 0 Å². The standard InChI is InChI=1S/C24H35Cl2N3O3S2.O.Tc/c1-32-24(31)23-18(16-3-5-19(25)20(26)13-16)14-17-4-6-21(23)29(17)9-2-8-28(10-12-34)15-22(30)27-7-11-33;;/h3,5,13,17-18,21,23,33-34H,2,4,6-12,14-15H2,1H3,(H,27,30);;/q;-2;+5/p-3. The van der Waals surface area contributed by atoms with Crippen LogP contribution in [-0.4, -0.2) is 85.1 Å². The molecule has 36 heavy (non-hydrogen) atoms. The number of nitrogens with zero attached hydrogens (tertiary/aromatic N) is 3. The predicted molar refractivity (Wildman–Crippen MR) is 141 cm³/mol. The monoisotopic (exact) mass is 657 g/mol. The van der Waals surface area contributed by atoms with Crippen LogP contribution in [0.2, 0.25) is 10.0 Å². The number of methoxy groups -OCH3 is 1. The van der Waals surface area contributed by atoms with E-state index in [1.54, 1.807) is 6.07 Å². The van der Waals surface area contributed by atoms with Crippen molar-refractivity contribution in [1.82, 2.24) is 9.80 Å². The van der Waals surface area contributed by atoms with Crippen molar-refractivity contribution in [3.05, 3.63) is 33.8 Å². The average Bonchev–Trinajstić information content (AvgIpc) is 3.09. The molecule has 12 heteroatoms. The molecule has 0 N–H and O–H groups in total. The number of fused-ring (bicyclic) bond motifs is 2. The summed E-state index contributed by atoms with van der Waals surface area (Å²) in [7, 11) is 1.46. The van der Waals surface area contributed by atoms with Gasteiger partial charge in [0, 0.05) is 31.1 Å². The molecule has 0 saturated carbocycles. The first-order valence-corrected chi connectivity index (χ1v) is 13.7. The Labute approximate surface area is 248 Å². The molecule has 2 heterocycles. The molecule has 0 aliphatic carbocycles. The number of halogens is 2. The van der Waals surface area contributed by atoms with Crippen LogP contribution in [0, 0.1) is 5.92 Å². The van der Waals surface area contributed by atoms with E-state index in [0.29, 0.717) is 40.7 Å². The van der Waals surface area contributed by atoms with Crippen molar-refractivity contribution in [3.63, 3.8) is 0 Å². The maximum absolute atomic E-state index is 12.9. The molecule has 3 rings (SSSR count). The van der Waals surface area contributed by atoms with Crippen LogP contribution in [0.25, 0.3) is 0 Å². The molecular weight excluding hydrogens is 627 g/mol. The molecule has 1 aromatic carbocycles. The molecule has 2 fully saturated rings. The van der Waals surface area contributed by atoms with Gasteiger partial charge in [-0.15, -0.1) is 0 Å². The van der Waals surface area contributed by atoms with E-state index in [1.807, 2.05) is 12.1 Å². The van der Waals surface area contributed by atoms with Gasteiger partial charge in [0.2, 0.25) is 0 Å². The number of esters is 1. The number of benzene rings is 1. The van der Waals surface area contributed by atoms with Crippen molar-refractivity contribution in [3.8, 4) is 0 Å². The van der Waals surface area contributed by atoms with Crippen LogP contribution in [0.4, 0.5) is 0 Å². The fourth-order valence-electron chi connectivity index (χ4n) is 5.49. The molecule has 200 valence electrons. The number of carbonyl (C=O) groups is 1. The van der Waals surface area contributed by atoms with Gasteiger partial charge in [-0.2, -0.15) is 11.5 Å². The maximum atomic E-state index is 12.9. The number of carbonyl (C=O) groups excluding carboxylic acids is 1. The summed E-state index contributed by atoms with van der Waals surface area (Å²) in [5, 5.41) is 13.1. The van der Waals surface area contributed by atoms with Gasteiger partial charge in [0.25, 0.3) is 0 Å². The van der Waals surface area contributed by atoms with E-state index in [1.165, 1.54) is 7.11 Å². The van der Waals surface area contributed by atoms with Crippen LogP contribution in [0.1, 0.15) is 37.2 Å². The van der Waals surface area contributed by atoms with Gasteiger partial charge in [0.15, 0.2) is 0 Å². The van der Waals surface area contributed by atoms with Crippen LogP contribution in [-0.2, 0) is 60.4 Å². The SMILES string of the molecule is COC(=O)C1C(c2ccc(Cl)c(Cl)c2)CC2CCC1N2CCCN(CC[S-])CC([O-])=NCC[S-].[O-2].[Tc+5]. The Kier molecular flexibility index (Phi) is 15.9. The van der Waals surface area contributed by atoms with E-state index in [9.17, 15) is 9.90 Å². The fourth-order valence-corrected chi connectivity index (χ4v) is 6.15. The smallest absolute Gasteiger partial charge is 2.00 e. The average molecular weight is 660 g/mol. The second-order valence-electron chi connectivity index (χ2n) is 8.91. The van der Waals surface area contributed by atoms with Crippen molar-refractivity contribution in [1.29, 1.82) is 0 Å². The molecule has 2 saturated heterocycles. The van der Waals surface area contributed by atoms with Gasteiger partial charge in [0.1, 0.15) is 0 Å². The first-order valence-electron chi connectivity index (χ1n) is 11.8. The van der Waals surface area contributed by atoms with Gasteiger partial charge in [-0.05, 0) is 68.9 Å². The van der Waals surface area contributed by atoms with Gasteiger partial charge in [0.05, 0.1) is 23.1 Å². The minimum Gasteiger partial charge on any atom is -2.00 e. The summed E-state index contributed by atoms with van der Waals surface area (Å²) in [5.41, 5.74) is 1.04. The fraction of sp³-hybridized carbons (Fsp3) is 0.667. The van der Waals surface area contributed by atoms with Gasteiger partial charge < -0.3 is 50.5 Å². The normalized spacial score (nSPS) is 23.8. The third kappa shape index (κ3) is 8.75. The van der Waals surface area contributed by atoms with Crippen LogP contribution < -0.4 is 5.11 Å². The van der Waals surface area contributed by atoms with Crippen LogP contribution in [0.3, 0.4) is 0 Å². The third-order valence-electron chi connectivity index (χ3n) is 6.95. The van der Waals surface area contributed by atoms with Crippen molar-refractivity contribution >= 4 is 60.3 Å². The van der Waals surface area contributed by atoms with Gasteiger partial charge in [-0.3, -0.25) is 9.69 Å². The molecule has 0 aromatic heterocycles. The summed E-state index contributed by atoms with van der Waals surface area (Å²) >= 11 is 22.4. The summed E-state index contributed by atoms with van der Waals surface area (Å²) in [6, 6.07) is 6.20. The molecule has 7 nitrogen and oxygen atoms in total. The Balaban J connectivity index is 0.00000324. The predicted octanol–water partition coefficient (Wildman–Crippen LogP) is 2.53. The first-order chi connectivity index (χ1) is 16.4. The second kappa shape index (κ2) is 16.8. The molecule has 0 spiro atoms. The molecule has 4 unspecified atom stereocenters. The zero-order valence-corrected chi connectivity index (χ0v) is 25.2. The molecule has 4 atom stereocenters. The molecule has 0 radical (unpaired) electrons. The van der Waals surface area contributed by atoms with E-state index in [-0.39, 0.29) is 61.9 Å². The summed E-state index contributed by atoms with van der Waals surface area (Å²) < 4.78 is 5.25. The number of aliphatic imine (C=N–C) groups is 1. The first kappa shape index (κ1) is 34.0. The Morgan fingerprint density at radius 1 is 1.22 bits per heavy atom. The van der Waals surface area contributed by atoms with E-state index >= 15 is 0 Å². The Morgan fingerprint density at radius 2 is 1.97 bits per heavy atom. The third-order valence-corrected chi connectivity index (χ3v) is 8.05. The second-order valence-corrected chi connectivity index (χ2v) is 10.5. The van der Waals surface area contributed by atoms with Crippen molar-refractivity contribution < 1.29 is 40.2 Å². The Hall–Kier alpha value is -0.0306. The van der Waals surface area contributed by atoms with Gasteiger partial charge in [-0.25, -0.2) is 0 Å². The van der Waals surface area contributed by atoms with Crippen molar-refractivity contribution in [2.24, 2.45) is 10.9 Å². The quantitative estimate of drug-likeness (QED) is 0.147. The van der Waals surface area contributed by atoms with Gasteiger partial charge in [-0.1, -0.05) is 29.3 Å². The maximum Gasteiger partial charge on any atom is 5.00 e. The summed E-state index contributed by atoms with van der Waals surface area (Å²) in [4.78, 5) is 21.5. The Morgan fingerprint density at radius 3 is 2.61 bits per heavy atom. The largest absolute Gasteiger partial charge is 5.00 e. The molecule has 2 bridgehead atoms. The summed E-state index contributed by atoms with van der Waals surface area (Å²) in [6.07, 6.45) is 3.80. The molecule has 1 aromatic rings. The number of rotatable bonds is 12. The van der Waals surface area contributed by atoms with Crippen molar-refractivity contribution in [2.75, 3.05) is 51.3 Å². The molecule has 2 aliphatic rings. The van der Waals surface area contributed by atoms with Gasteiger partial charge >= 0.3 is 26.1 Å². The summed E-state index contributed by atoms with van der Waals surface area (Å²) in [6.45, 7) is 2.98. The van der Waals surface area contributed by atoms with E-state index in [4.69, 9.17) is 53.2 Å². The van der Waals surface area contributed by atoms with Crippen LogP contribution >= 0.6 is 23.2 Å². The van der Waals surface area contributed by atoms with Crippen LogP contribution in [0.15, 0.2) is 23.2 Å². The zero-order valence-electron chi connectivity index (χ0n) is 20.2. The topological polar surface area (TPSA) is 96.7 Å². The minimum atomic E-state index is -0.247. The van der Waals surface area contributed by atoms with Crippen molar-refractivity contribution in [2.45, 2.75) is 43.7 Å². The minimum absolute atomic E-state index is 0. The van der Waals surface area contributed by atoms with E-state index in [2.05, 4.69) is 14.8 Å². The van der Waals surface area contributed by atoms with E-state index < -0.39 is 0 Å². The number of ether oxygens (including phenoxy) is 1. The number of hydrogen-bond donors (Lipinski definition) is 0. The zero-order chi connectivity index (χ0) is 24.7. The van der Waals surface area contributed by atoms with E-state index in [0.717, 1.165) is 44.3 Å². The molecular formula is C24H32Cl2N3O4S2Tc. The molecule has 2 aliphatic heterocycles.